The van der Waals surface area contributed by atoms with Gasteiger partial charge in [-0.2, -0.15) is 0 Å². The predicted molar refractivity (Wildman–Crippen MR) is 88.9 cm³/mol. The Balaban J connectivity index is 2.07. The Kier molecular flexibility index (Phi) is 6.00. The molecule has 22 heavy (non-hydrogen) atoms. The van der Waals surface area contributed by atoms with Gasteiger partial charge in [0, 0.05) is 6.54 Å². The van der Waals surface area contributed by atoms with Gasteiger partial charge in [0.15, 0.2) is 5.16 Å². The van der Waals surface area contributed by atoms with Crippen molar-refractivity contribution in [3.05, 3.63) is 41.7 Å². The summed E-state index contributed by atoms with van der Waals surface area (Å²) in [6.45, 7) is 7.29. The summed E-state index contributed by atoms with van der Waals surface area (Å²) in [5.74, 6) is 0.895. The first-order chi connectivity index (χ1) is 10.6. The molecule has 0 radical (unpaired) electrons. The third-order valence-corrected chi connectivity index (χ3v) is 4.37. The molecule has 0 spiro atoms. The lowest BCUT2D eigenvalue weighted by molar-refractivity contribution is -0.120. The molecule has 0 unspecified atom stereocenters. The van der Waals surface area contributed by atoms with Crippen LogP contribution in [0.3, 0.4) is 0 Å². The monoisotopic (exact) mass is 318 g/mol. The summed E-state index contributed by atoms with van der Waals surface area (Å²) in [5.41, 5.74) is 1.19. The normalized spacial score (nSPS) is 12.1. The summed E-state index contributed by atoms with van der Waals surface area (Å²) < 4.78 is 2.05. The number of nitrogens with one attached hydrogen (secondary N) is 1. The van der Waals surface area contributed by atoms with Gasteiger partial charge in [0.05, 0.1) is 11.8 Å². The van der Waals surface area contributed by atoms with Crippen LogP contribution in [0.15, 0.2) is 35.5 Å². The van der Waals surface area contributed by atoms with E-state index >= 15 is 0 Å². The van der Waals surface area contributed by atoms with Gasteiger partial charge in [-0.3, -0.25) is 4.79 Å². The zero-order valence-electron chi connectivity index (χ0n) is 13.2. The van der Waals surface area contributed by atoms with Gasteiger partial charge in [-0.05, 0) is 25.8 Å². The van der Waals surface area contributed by atoms with Gasteiger partial charge in [0.1, 0.15) is 5.82 Å². The van der Waals surface area contributed by atoms with Crippen molar-refractivity contribution < 1.29 is 4.79 Å². The van der Waals surface area contributed by atoms with Gasteiger partial charge < -0.3 is 9.88 Å². The fraction of sp³-hybridized carbons (Fsp3) is 0.438. The topological polar surface area (TPSA) is 59.8 Å². The smallest absolute Gasteiger partial charge is 0.233 e. The number of hydrogen-bond acceptors (Lipinski definition) is 4. The number of benzene rings is 1. The van der Waals surface area contributed by atoms with Crippen LogP contribution >= 0.6 is 11.8 Å². The number of aromatic nitrogens is 3. The molecule has 0 saturated heterocycles. The summed E-state index contributed by atoms with van der Waals surface area (Å²) >= 11 is 1.45. The molecule has 1 heterocycles. The van der Waals surface area contributed by atoms with Crippen molar-refractivity contribution in [1.82, 2.24) is 20.1 Å². The van der Waals surface area contributed by atoms with Crippen LogP contribution in [0.5, 0.6) is 0 Å². The Labute approximate surface area is 135 Å². The minimum Gasteiger partial charge on any atom is -0.355 e. The van der Waals surface area contributed by atoms with Crippen LogP contribution < -0.4 is 5.32 Å². The van der Waals surface area contributed by atoms with Gasteiger partial charge in [0.2, 0.25) is 5.91 Å². The molecule has 1 N–H and O–H groups in total. The second-order valence-corrected chi connectivity index (χ2v) is 6.46. The highest BCUT2D eigenvalue weighted by Gasteiger charge is 2.18. The van der Waals surface area contributed by atoms with E-state index in [1.54, 1.807) is 0 Å². The van der Waals surface area contributed by atoms with E-state index in [1.807, 2.05) is 43.5 Å². The number of nitrogens with zero attached hydrogens (tertiary/aromatic N) is 3. The Bertz CT molecular complexity index is 612. The zero-order valence-corrected chi connectivity index (χ0v) is 14.1. The van der Waals surface area contributed by atoms with Crippen molar-refractivity contribution in [2.75, 3.05) is 6.54 Å². The summed E-state index contributed by atoms with van der Waals surface area (Å²) in [7, 11) is 0. The summed E-state index contributed by atoms with van der Waals surface area (Å²) in [4.78, 5) is 12.0. The number of aryl methyl sites for hydroxylation is 1. The van der Waals surface area contributed by atoms with Gasteiger partial charge in [0.25, 0.3) is 0 Å². The molecule has 1 aromatic carbocycles. The second-order valence-electron chi connectivity index (χ2n) is 5.15. The van der Waals surface area contributed by atoms with Crippen LogP contribution in [0.4, 0.5) is 0 Å². The highest BCUT2D eigenvalue weighted by molar-refractivity contribution is 8.00. The van der Waals surface area contributed by atoms with E-state index in [2.05, 4.69) is 27.6 Å². The molecule has 0 saturated carbocycles. The molecular formula is C16H22N4OS. The molecule has 0 bridgehead atoms. The number of rotatable bonds is 7. The quantitative estimate of drug-likeness (QED) is 0.797. The number of hydrogen-bond donors (Lipinski definition) is 1. The van der Waals surface area contributed by atoms with E-state index in [0.717, 1.165) is 17.4 Å². The van der Waals surface area contributed by atoms with Crippen LogP contribution in [0.25, 0.3) is 0 Å². The maximum atomic E-state index is 12.0. The molecule has 118 valence electrons. The molecule has 5 nitrogen and oxygen atoms in total. The first-order valence-electron chi connectivity index (χ1n) is 7.50. The maximum Gasteiger partial charge on any atom is 0.233 e. The lowest BCUT2D eigenvalue weighted by atomic mass is 10.2. The molecule has 6 heteroatoms. The maximum absolute atomic E-state index is 12.0. The van der Waals surface area contributed by atoms with Crippen LogP contribution in [-0.4, -0.2) is 32.5 Å². The first kappa shape index (κ1) is 16.5. The summed E-state index contributed by atoms with van der Waals surface area (Å²) in [5, 5.41) is 11.9. The molecule has 0 fully saturated rings. The van der Waals surface area contributed by atoms with Crippen molar-refractivity contribution >= 4 is 17.7 Å². The van der Waals surface area contributed by atoms with Crippen LogP contribution in [-0.2, 0) is 11.3 Å². The average molecular weight is 318 g/mol. The Morgan fingerprint density at radius 3 is 2.73 bits per heavy atom. The van der Waals surface area contributed by atoms with Crippen molar-refractivity contribution in [2.45, 2.75) is 44.1 Å². The predicted octanol–water partition coefficient (Wildman–Crippen LogP) is 2.64. The van der Waals surface area contributed by atoms with Crippen molar-refractivity contribution in [2.24, 2.45) is 0 Å². The zero-order chi connectivity index (χ0) is 15.9. The van der Waals surface area contributed by atoms with Gasteiger partial charge in [-0.1, -0.05) is 49.0 Å². The molecule has 0 aliphatic carbocycles. The molecule has 1 atom stereocenters. The van der Waals surface area contributed by atoms with E-state index in [-0.39, 0.29) is 11.2 Å². The number of carbonyl (C=O) groups is 1. The number of amides is 1. The molecule has 1 amide bonds. The van der Waals surface area contributed by atoms with Gasteiger partial charge in [-0.25, -0.2) is 0 Å². The van der Waals surface area contributed by atoms with E-state index in [0.29, 0.717) is 13.1 Å². The molecule has 0 aliphatic rings. The van der Waals surface area contributed by atoms with E-state index in [4.69, 9.17) is 0 Å². The summed E-state index contributed by atoms with van der Waals surface area (Å²) in [6.07, 6.45) is 0.937. The third-order valence-electron chi connectivity index (χ3n) is 3.29. The molecule has 2 aromatic rings. The lowest BCUT2D eigenvalue weighted by Gasteiger charge is -2.13. The average Bonchev–Trinajstić information content (AvgIpc) is 2.86. The van der Waals surface area contributed by atoms with E-state index in [1.165, 1.54) is 17.3 Å². The van der Waals surface area contributed by atoms with Crippen molar-refractivity contribution in [3.63, 3.8) is 0 Å². The Morgan fingerprint density at radius 2 is 2.05 bits per heavy atom. The van der Waals surface area contributed by atoms with E-state index in [9.17, 15) is 4.79 Å². The summed E-state index contributed by atoms with van der Waals surface area (Å²) in [6, 6.07) is 10.2. The molecule has 2 rings (SSSR count). The van der Waals surface area contributed by atoms with Crippen LogP contribution in [0, 0.1) is 6.92 Å². The SMILES string of the molecule is CCCNC(=O)[C@@H](C)Sc1nnc(C)n1Cc1ccccc1. The molecule has 0 aliphatic heterocycles. The lowest BCUT2D eigenvalue weighted by Crippen LogP contribution is -2.31. The Morgan fingerprint density at radius 1 is 1.32 bits per heavy atom. The van der Waals surface area contributed by atoms with E-state index < -0.39 is 0 Å². The minimum absolute atomic E-state index is 0.0405. The fourth-order valence-electron chi connectivity index (χ4n) is 2.00. The molecule has 1 aromatic heterocycles. The van der Waals surface area contributed by atoms with Crippen LogP contribution in [0.2, 0.25) is 0 Å². The minimum atomic E-state index is -0.190. The first-order valence-corrected chi connectivity index (χ1v) is 8.38. The molecular weight excluding hydrogens is 296 g/mol. The highest BCUT2D eigenvalue weighted by atomic mass is 32.2. The number of carbonyl (C=O) groups excluding carboxylic acids is 1. The second kappa shape index (κ2) is 7.98. The largest absolute Gasteiger partial charge is 0.355 e. The van der Waals surface area contributed by atoms with Gasteiger partial charge >= 0.3 is 0 Å². The van der Waals surface area contributed by atoms with Crippen LogP contribution in [0.1, 0.15) is 31.7 Å². The number of thioether (sulfide) groups is 1. The van der Waals surface area contributed by atoms with Crippen molar-refractivity contribution in [1.29, 1.82) is 0 Å². The Hall–Kier alpha value is -1.82. The standard InChI is InChI=1S/C16H22N4OS/c1-4-10-17-15(21)12(2)22-16-19-18-13(3)20(16)11-14-8-6-5-7-9-14/h5-9,12H,4,10-11H2,1-3H3,(H,17,21)/t12-/m1/s1. The third kappa shape index (κ3) is 4.34. The van der Waals surface area contributed by atoms with Crippen molar-refractivity contribution in [3.8, 4) is 0 Å². The highest BCUT2D eigenvalue weighted by Crippen LogP contribution is 2.23. The van der Waals surface area contributed by atoms with Gasteiger partial charge in [-0.15, -0.1) is 10.2 Å². The fourth-order valence-corrected chi connectivity index (χ4v) is 2.92.